The second kappa shape index (κ2) is 3.82. The lowest BCUT2D eigenvalue weighted by atomic mass is 10.1. The molecule has 2 rings (SSSR count). The third-order valence-electron chi connectivity index (χ3n) is 2.72. The molecule has 1 aromatic carbocycles. The van der Waals surface area contributed by atoms with Crippen LogP contribution in [0.2, 0.25) is 0 Å². The highest BCUT2D eigenvalue weighted by Gasteiger charge is 2.17. The maximum Gasteiger partial charge on any atom is 0.150 e. The second-order valence-electron chi connectivity index (χ2n) is 3.74. The normalized spacial score (nSPS) is 14.2. The highest BCUT2D eigenvalue weighted by molar-refractivity contribution is 5.77. The van der Waals surface area contributed by atoms with E-state index in [1.165, 1.54) is 17.7 Å². The van der Waals surface area contributed by atoms with E-state index < -0.39 is 0 Å². The Balaban J connectivity index is 2.28. The van der Waals surface area contributed by atoms with Crippen molar-refractivity contribution < 1.29 is 4.79 Å². The van der Waals surface area contributed by atoms with Crippen LogP contribution >= 0.6 is 0 Å². The molecule has 14 heavy (non-hydrogen) atoms. The molecule has 1 aromatic rings. The quantitative estimate of drug-likeness (QED) is 0.680. The Labute approximate surface area is 84.5 Å². The van der Waals surface area contributed by atoms with Gasteiger partial charge in [-0.25, -0.2) is 0 Å². The van der Waals surface area contributed by atoms with Gasteiger partial charge in [0.15, 0.2) is 0 Å². The summed E-state index contributed by atoms with van der Waals surface area (Å²) in [6.07, 6.45) is 3.18. The summed E-state index contributed by atoms with van der Waals surface area (Å²) < 4.78 is 0. The zero-order valence-corrected chi connectivity index (χ0v) is 8.49. The van der Waals surface area contributed by atoms with Gasteiger partial charge >= 0.3 is 0 Å². The number of rotatable bonds is 3. The SMILES string of the molecule is CCCN1CCc2cc(C=O)ccc21. The first-order chi connectivity index (χ1) is 6.85. The van der Waals surface area contributed by atoms with Crippen LogP contribution in [-0.4, -0.2) is 19.4 Å². The number of aldehydes is 1. The number of hydrogen-bond donors (Lipinski definition) is 0. The van der Waals surface area contributed by atoms with Crippen LogP contribution in [0, 0.1) is 0 Å². The number of carbonyl (C=O) groups is 1. The van der Waals surface area contributed by atoms with Gasteiger partial charge in [-0.3, -0.25) is 4.79 Å². The number of carbonyl (C=O) groups excluding carboxylic acids is 1. The molecule has 1 aliphatic rings. The Bertz CT molecular complexity index is 346. The molecule has 0 amide bonds. The average Bonchev–Trinajstić information content (AvgIpc) is 2.61. The molecule has 0 spiro atoms. The van der Waals surface area contributed by atoms with E-state index in [4.69, 9.17) is 0 Å². The van der Waals surface area contributed by atoms with E-state index in [9.17, 15) is 4.79 Å². The number of anilines is 1. The standard InChI is InChI=1S/C12H15NO/c1-2-6-13-7-5-11-8-10(9-14)3-4-12(11)13/h3-4,8-9H,2,5-7H2,1H3. The Morgan fingerprint density at radius 2 is 2.36 bits per heavy atom. The highest BCUT2D eigenvalue weighted by Crippen LogP contribution is 2.28. The molecule has 0 aromatic heterocycles. The molecular formula is C12H15NO. The first-order valence-corrected chi connectivity index (χ1v) is 5.18. The van der Waals surface area contributed by atoms with E-state index in [1.807, 2.05) is 12.1 Å². The van der Waals surface area contributed by atoms with Gasteiger partial charge in [0.05, 0.1) is 0 Å². The van der Waals surface area contributed by atoms with E-state index in [0.717, 1.165) is 31.4 Å². The molecule has 0 N–H and O–H groups in total. The van der Waals surface area contributed by atoms with Crippen LogP contribution < -0.4 is 4.90 Å². The van der Waals surface area contributed by atoms with Crippen LogP contribution in [-0.2, 0) is 6.42 Å². The molecule has 0 saturated carbocycles. The van der Waals surface area contributed by atoms with Crippen molar-refractivity contribution >= 4 is 12.0 Å². The van der Waals surface area contributed by atoms with E-state index in [0.29, 0.717) is 0 Å². The van der Waals surface area contributed by atoms with Crippen molar-refractivity contribution in [3.05, 3.63) is 29.3 Å². The molecular weight excluding hydrogens is 174 g/mol. The number of fused-ring (bicyclic) bond motifs is 1. The van der Waals surface area contributed by atoms with Gasteiger partial charge in [0.1, 0.15) is 6.29 Å². The van der Waals surface area contributed by atoms with Crippen molar-refractivity contribution in [1.29, 1.82) is 0 Å². The number of nitrogens with zero attached hydrogens (tertiary/aromatic N) is 1. The van der Waals surface area contributed by atoms with Gasteiger partial charge in [-0.15, -0.1) is 0 Å². The number of benzene rings is 1. The molecule has 0 unspecified atom stereocenters. The molecule has 0 atom stereocenters. The average molecular weight is 189 g/mol. The smallest absolute Gasteiger partial charge is 0.150 e. The predicted molar refractivity (Wildman–Crippen MR) is 58.0 cm³/mol. The minimum absolute atomic E-state index is 0.794. The van der Waals surface area contributed by atoms with Crippen LogP contribution in [0.4, 0.5) is 5.69 Å². The molecule has 74 valence electrons. The molecule has 2 heteroatoms. The van der Waals surface area contributed by atoms with Gasteiger partial charge in [0.2, 0.25) is 0 Å². The molecule has 0 fully saturated rings. The van der Waals surface area contributed by atoms with Gasteiger partial charge < -0.3 is 4.90 Å². The molecule has 1 heterocycles. The summed E-state index contributed by atoms with van der Waals surface area (Å²) in [6.45, 7) is 4.41. The summed E-state index contributed by atoms with van der Waals surface area (Å²) in [5.74, 6) is 0. The summed E-state index contributed by atoms with van der Waals surface area (Å²) in [4.78, 5) is 13.0. The van der Waals surface area contributed by atoms with Crippen LogP contribution in [0.5, 0.6) is 0 Å². The van der Waals surface area contributed by atoms with Crippen molar-refractivity contribution in [3.8, 4) is 0 Å². The Morgan fingerprint density at radius 1 is 1.50 bits per heavy atom. The van der Waals surface area contributed by atoms with E-state index in [-0.39, 0.29) is 0 Å². The van der Waals surface area contributed by atoms with Gasteiger partial charge in [-0.1, -0.05) is 6.92 Å². The lowest BCUT2D eigenvalue weighted by molar-refractivity contribution is 0.112. The van der Waals surface area contributed by atoms with Crippen molar-refractivity contribution in [1.82, 2.24) is 0 Å². The fraction of sp³-hybridized carbons (Fsp3) is 0.417. The van der Waals surface area contributed by atoms with Crippen LogP contribution in [0.1, 0.15) is 29.3 Å². The molecule has 0 bridgehead atoms. The first kappa shape index (κ1) is 9.25. The predicted octanol–water partition coefficient (Wildman–Crippen LogP) is 2.27. The van der Waals surface area contributed by atoms with Crippen LogP contribution in [0.15, 0.2) is 18.2 Å². The minimum atomic E-state index is 0.794. The fourth-order valence-electron chi connectivity index (χ4n) is 2.07. The molecule has 0 radical (unpaired) electrons. The summed E-state index contributed by atoms with van der Waals surface area (Å²) in [7, 11) is 0. The summed E-state index contributed by atoms with van der Waals surface area (Å²) in [5.41, 5.74) is 3.43. The zero-order valence-electron chi connectivity index (χ0n) is 8.49. The maximum atomic E-state index is 10.6. The third kappa shape index (κ3) is 1.52. The Kier molecular flexibility index (Phi) is 2.53. The van der Waals surface area contributed by atoms with E-state index in [1.54, 1.807) is 0 Å². The van der Waals surface area contributed by atoms with Crippen LogP contribution in [0.25, 0.3) is 0 Å². The lowest BCUT2D eigenvalue weighted by Gasteiger charge is -2.17. The summed E-state index contributed by atoms with van der Waals surface area (Å²) in [5, 5.41) is 0. The summed E-state index contributed by atoms with van der Waals surface area (Å²) >= 11 is 0. The van der Waals surface area contributed by atoms with Crippen molar-refractivity contribution in [2.45, 2.75) is 19.8 Å². The van der Waals surface area contributed by atoms with Gasteiger partial charge in [-0.05, 0) is 36.6 Å². The Hall–Kier alpha value is -1.31. The fourth-order valence-corrected chi connectivity index (χ4v) is 2.07. The summed E-state index contributed by atoms with van der Waals surface area (Å²) in [6, 6.07) is 5.99. The lowest BCUT2D eigenvalue weighted by Crippen LogP contribution is -2.20. The van der Waals surface area contributed by atoms with E-state index in [2.05, 4.69) is 17.9 Å². The minimum Gasteiger partial charge on any atom is -0.371 e. The zero-order chi connectivity index (χ0) is 9.97. The Morgan fingerprint density at radius 3 is 3.07 bits per heavy atom. The molecule has 0 saturated heterocycles. The van der Waals surface area contributed by atoms with Crippen LogP contribution in [0.3, 0.4) is 0 Å². The molecule has 1 aliphatic heterocycles. The van der Waals surface area contributed by atoms with Gasteiger partial charge in [-0.2, -0.15) is 0 Å². The van der Waals surface area contributed by atoms with Crippen molar-refractivity contribution in [2.75, 3.05) is 18.0 Å². The van der Waals surface area contributed by atoms with Crippen molar-refractivity contribution in [3.63, 3.8) is 0 Å². The monoisotopic (exact) mass is 189 g/mol. The number of hydrogen-bond acceptors (Lipinski definition) is 2. The maximum absolute atomic E-state index is 10.6. The molecule has 2 nitrogen and oxygen atoms in total. The third-order valence-corrected chi connectivity index (χ3v) is 2.72. The van der Waals surface area contributed by atoms with Gasteiger partial charge in [0, 0.05) is 24.3 Å². The largest absolute Gasteiger partial charge is 0.371 e. The first-order valence-electron chi connectivity index (χ1n) is 5.18. The molecule has 0 aliphatic carbocycles. The second-order valence-corrected chi connectivity index (χ2v) is 3.74. The topological polar surface area (TPSA) is 20.3 Å². The van der Waals surface area contributed by atoms with Gasteiger partial charge in [0.25, 0.3) is 0 Å². The van der Waals surface area contributed by atoms with E-state index >= 15 is 0 Å². The van der Waals surface area contributed by atoms with Crippen molar-refractivity contribution in [2.24, 2.45) is 0 Å². The highest BCUT2D eigenvalue weighted by atomic mass is 16.1.